The van der Waals surface area contributed by atoms with Crippen molar-refractivity contribution < 1.29 is 9.47 Å². The summed E-state index contributed by atoms with van der Waals surface area (Å²) < 4.78 is 10.8. The fourth-order valence-electron chi connectivity index (χ4n) is 3.93. The van der Waals surface area contributed by atoms with Gasteiger partial charge in [-0.2, -0.15) is 0 Å². The number of nitrogens with zero attached hydrogens (tertiary/aromatic N) is 1. The van der Waals surface area contributed by atoms with E-state index in [0.29, 0.717) is 0 Å². The van der Waals surface area contributed by atoms with Crippen molar-refractivity contribution in [3.63, 3.8) is 0 Å². The first-order chi connectivity index (χ1) is 13.7. The Labute approximate surface area is 171 Å². The topological polar surface area (TPSA) is 21.7 Å². The third kappa shape index (κ3) is 3.57. The number of thioether (sulfide) groups is 1. The van der Waals surface area contributed by atoms with Crippen molar-refractivity contribution in [2.45, 2.75) is 17.4 Å². The van der Waals surface area contributed by atoms with E-state index in [1.807, 2.05) is 12.1 Å². The van der Waals surface area contributed by atoms with Crippen molar-refractivity contribution in [1.82, 2.24) is 0 Å². The maximum Gasteiger partial charge on any atom is 0.119 e. The van der Waals surface area contributed by atoms with E-state index < -0.39 is 0 Å². The summed E-state index contributed by atoms with van der Waals surface area (Å²) in [6.45, 7) is 0.960. The Kier molecular flexibility index (Phi) is 5.49. The molecule has 0 amide bonds. The van der Waals surface area contributed by atoms with Gasteiger partial charge >= 0.3 is 0 Å². The molecule has 3 aromatic rings. The van der Waals surface area contributed by atoms with Gasteiger partial charge in [0.15, 0.2) is 0 Å². The van der Waals surface area contributed by atoms with Crippen molar-refractivity contribution in [2.24, 2.45) is 0 Å². The summed E-state index contributed by atoms with van der Waals surface area (Å²) >= 11 is 1.77. The number of methoxy groups -OCH3 is 2. The fourth-order valence-corrected chi connectivity index (χ4v) is 4.34. The maximum atomic E-state index is 5.46. The molecule has 0 spiro atoms. The molecule has 3 nitrogen and oxygen atoms in total. The highest BCUT2D eigenvalue weighted by Crippen LogP contribution is 2.40. The SMILES string of the molecule is COc1ccc(N2CCc3cc(OC)ccc3C2c2ccc(SC)cc2)cc1. The first-order valence-corrected chi connectivity index (χ1v) is 10.7. The molecule has 0 saturated carbocycles. The van der Waals surface area contributed by atoms with Gasteiger partial charge in [-0.15, -0.1) is 11.8 Å². The lowest BCUT2D eigenvalue weighted by Gasteiger charge is -2.39. The predicted octanol–water partition coefficient (Wildman–Crippen LogP) is 5.58. The first kappa shape index (κ1) is 18.8. The third-order valence-corrected chi connectivity index (χ3v) is 6.16. The first-order valence-electron chi connectivity index (χ1n) is 9.45. The average Bonchev–Trinajstić information content (AvgIpc) is 2.78. The molecule has 0 aliphatic carbocycles. The van der Waals surface area contributed by atoms with Crippen LogP contribution in [0, 0.1) is 0 Å². The Balaban J connectivity index is 1.79. The lowest BCUT2D eigenvalue weighted by Crippen LogP contribution is -2.36. The van der Waals surface area contributed by atoms with Gasteiger partial charge in [0.2, 0.25) is 0 Å². The van der Waals surface area contributed by atoms with Crippen LogP contribution in [0.4, 0.5) is 5.69 Å². The van der Waals surface area contributed by atoms with Crippen LogP contribution in [0.5, 0.6) is 11.5 Å². The monoisotopic (exact) mass is 391 g/mol. The van der Waals surface area contributed by atoms with Crippen LogP contribution in [0.2, 0.25) is 0 Å². The number of anilines is 1. The summed E-state index contributed by atoms with van der Waals surface area (Å²) in [5, 5.41) is 0. The van der Waals surface area contributed by atoms with E-state index in [-0.39, 0.29) is 6.04 Å². The zero-order valence-corrected chi connectivity index (χ0v) is 17.3. The van der Waals surface area contributed by atoms with Gasteiger partial charge in [-0.05, 0) is 77.9 Å². The summed E-state index contributed by atoms with van der Waals surface area (Å²) in [5.74, 6) is 1.81. The van der Waals surface area contributed by atoms with Crippen LogP contribution in [0.3, 0.4) is 0 Å². The molecule has 0 N–H and O–H groups in total. The average molecular weight is 392 g/mol. The molecule has 1 atom stereocenters. The number of hydrogen-bond acceptors (Lipinski definition) is 4. The molecular formula is C24H25NO2S. The minimum absolute atomic E-state index is 0.180. The van der Waals surface area contributed by atoms with E-state index in [0.717, 1.165) is 24.5 Å². The Morgan fingerprint density at radius 3 is 2.18 bits per heavy atom. The fraction of sp³-hybridized carbons (Fsp3) is 0.250. The number of ether oxygens (including phenoxy) is 2. The van der Waals surface area contributed by atoms with E-state index in [2.05, 4.69) is 65.8 Å². The van der Waals surface area contributed by atoms with Crippen LogP contribution < -0.4 is 14.4 Å². The van der Waals surface area contributed by atoms with Crippen molar-refractivity contribution in [1.29, 1.82) is 0 Å². The summed E-state index contributed by atoms with van der Waals surface area (Å²) in [4.78, 5) is 3.77. The number of rotatable bonds is 5. The molecule has 0 fully saturated rings. The van der Waals surface area contributed by atoms with Gasteiger partial charge in [0.05, 0.1) is 20.3 Å². The van der Waals surface area contributed by atoms with Crippen LogP contribution >= 0.6 is 11.8 Å². The number of hydrogen-bond donors (Lipinski definition) is 0. The minimum Gasteiger partial charge on any atom is -0.497 e. The van der Waals surface area contributed by atoms with Crippen molar-refractivity contribution in [3.05, 3.63) is 83.4 Å². The Hall–Kier alpha value is -2.59. The normalized spacial score (nSPS) is 15.8. The van der Waals surface area contributed by atoms with Crippen molar-refractivity contribution in [2.75, 3.05) is 31.9 Å². The molecule has 4 heteroatoms. The molecule has 0 bridgehead atoms. The Bertz CT molecular complexity index is 938. The molecule has 1 aliphatic rings. The van der Waals surface area contributed by atoms with E-state index in [4.69, 9.17) is 9.47 Å². The van der Waals surface area contributed by atoms with Gasteiger partial charge in [-0.25, -0.2) is 0 Å². The van der Waals surface area contributed by atoms with Gasteiger partial charge < -0.3 is 14.4 Å². The van der Waals surface area contributed by atoms with Gasteiger partial charge in [0.25, 0.3) is 0 Å². The second-order valence-corrected chi connectivity index (χ2v) is 7.76. The largest absolute Gasteiger partial charge is 0.497 e. The highest BCUT2D eigenvalue weighted by molar-refractivity contribution is 7.98. The number of fused-ring (bicyclic) bond motifs is 1. The van der Waals surface area contributed by atoms with Crippen LogP contribution in [0.15, 0.2) is 71.6 Å². The zero-order valence-electron chi connectivity index (χ0n) is 16.5. The zero-order chi connectivity index (χ0) is 19.5. The van der Waals surface area contributed by atoms with Gasteiger partial charge in [-0.3, -0.25) is 0 Å². The molecule has 0 radical (unpaired) electrons. The van der Waals surface area contributed by atoms with Gasteiger partial charge in [0, 0.05) is 17.1 Å². The molecule has 1 aliphatic heterocycles. The molecule has 1 unspecified atom stereocenters. The summed E-state index contributed by atoms with van der Waals surface area (Å²) in [5.41, 5.74) is 5.23. The minimum atomic E-state index is 0.180. The van der Waals surface area contributed by atoms with Crippen molar-refractivity contribution >= 4 is 17.4 Å². The number of benzene rings is 3. The predicted molar refractivity (Wildman–Crippen MR) is 117 cm³/mol. The third-order valence-electron chi connectivity index (χ3n) is 5.41. The lowest BCUT2D eigenvalue weighted by atomic mass is 9.87. The molecule has 28 heavy (non-hydrogen) atoms. The van der Waals surface area contributed by atoms with Crippen LogP contribution in [-0.2, 0) is 6.42 Å². The summed E-state index contributed by atoms with van der Waals surface area (Å²) in [6, 6.07) is 24.0. The van der Waals surface area contributed by atoms with Gasteiger partial charge in [-0.1, -0.05) is 18.2 Å². The smallest absolute Gasteiger partial charge is 0.119 e. The molecule has 0 saturated heterocycles. The van der Waals surface area contributed by atoms with Crippen molar-refractivity contribution in [3.8, 4) is 11.5 Å². The maximum absolute atomic E-state index is 5.46. The van der Waals surface area contributed by atoms with Crippen LogP contribution in [-0.4, -0.2) is 27.0 Å². The highest BCUT2D eigenvalue weighted by Gasteiger charge is 2.29. The Morgan fingerprint density at radius 2 is 1.54 bits per heavy atom. The molecule has 144 valence electrons. The standard InChI is InChI=1S/C24H25NO2S/c1-26-20-8-6-19(7-9-20)25-15-14-18-16-21(27-2)10-13-23(18)24(25)17-4-11-22(28-3)12-5-17/h4-13,16,24H,14-15H2,1-3H3. The van der Waals surface area contributed by atoms with E-state index in [9.17, 15) is 0 Å². The Morgan fingerprint density at radius 1 is 0.857 bits per heavy atom. The lowest BCUT2D eigenvalue weighted by molar-refractivity contribution is 0.413. The quantitative estimate of drug-likeness (QED) is 0.530. The molecule has 1 heterocycles. The summed E-state index contributed by atoms with van der Waals surface area (Å²) in [6.07, 6.45) is 3.11. The highest BCUT2D eigenvalue weighted by atomic mass is 32.2. The van der Waals surface area contributed by atoms with Gasteiger partial charge in [0.1, 0.15) is 11.5 Å². The summed E-state index contributed by atoms with van der Waals surface area (Å²) in [7, 11) is 3.43. The molecular weight excluding hydrogens is 366 g/mol. The molecule has 4 rings (SSSR count). The second kappa shape index (κ2) is 8.19. The molecule has 0 aromatic heterocycles. The molecule has 3 aromatic carbocycles. The second-order valence-electron chi connectivity index (χ2n) is 6.88. The van der Waals surface area contributed by atoms with E-state index in [1.54, 1.807) is 26.0 Å². The van der Waals surface area contributed by atoms with E-state index in [1.165, 1.54) is 27.3 Å². The van der Waals surface area contributed by atoms with Crippen LogP contribution in [0.1, 0.15) is 22.7 Å². The van der Waals surface area contributed by atoms with E-state index >= 15 is 0 Å². The van der Waals surface area contributed by atoms with Crippen LogP contribution in [0.25, 0.3) is 0 Å².